The topological polar surface area (TPSA) is 35.5 Å². The SMILES string of the molecule is CCCOc1cc(Br)ccc1OC=O. The van der Waals surface area contributed by atoms with Crippen molar-refractivity contribution in [1.82, 2.24) is 0 Å². The molecule has 0 aliphatic heterocycles. The van der Waals surface area contributed by atoms with E-state index in [4.69, 9.17) is 9.47 Å². The molecule has 0 fully saturated rings. The lowest BCUT2D eigenvalue weighted by atomic mass is 10.3. The smallest absolute Gasteiger partial charge is 0.298 e. The Kier molecular flexibility index (Phi) is 4.46. The van der Waals surface area contributed by atoms with Gasteiger partial charge in [0.25, 0.3) is 6.47 Å². The van der Waals surface area contributed by atoms with Crippen LogP contribution in [0.1, 0.15) is 13.3 Å². The molecular formula is C10H11BrO3. The molecule has 0 amide bonds. The standard InChI is InChI=1S/C10H11BrO3/c1-2-5-13-10-6-8(11)3-4-9(10)14-7-12/h3-4,6-7H,2,5H2,1H3. The Morgan fingerprint density at radius 2 is 2.21 bits per heavy atom. The first-order valence-electron chi connectivity index (χ1n) is 4.30. The van der Waals surface area contributed by atoms with Gasteiger partial charge in [-0.05, 0) is 24.6 Å². The lowest BCUT2D eigenvalue weighted by Crippen LogP contribution is -1.98. The number of hydrogen-bond donors (Lipinski definition) is 0. The summed E-state index contributed by atoms with van der Waals surface area (Å²) >= 11 is 3.32. The summed E-state index contributed by atoms with van der Waals surface area (Å²) in [5, 5.41) is 0. The van der Waals surface area contributed by atoms with Crippen LogP contribution in [0.25, 0.3) is 0 Å². The van der Waals surface area contributed by atoms with E-state index in [1.54, 1.807) is 18.2 Å². The van der Waals surface area contributed by atoms with Crippen LogP contribution >= 0.6 is 15.9 Å². The average Bonchev–Trinajstić information content (AvgIpc) is 2.18. The fraction of sp³-hybridized carbons (Fsp3) is 0.300. The van der Waals surface area contributed by atoms with Gasteiger partial charge >= 0.3 is 0 Å². The van der Waals surface area contributed by atoms with E-state index in [0.29, 0.717) is 24.6 Å². The maximum atomic E-state index is 10.2. The third-order valence-electron chi connectivity index (χ3n) is 1.54. The number of carbonyl (C=O) groups excluding carboxylic acids is 1. The highest BCUT2D eigenvalue weighted by molar-refractivity contribution is 9.10. The molecule has 1 aromatic rings. The largest absolute Gasteiger partial charge is 0.490 e. The van der Waals surface area contributed by atoms with Gasteiger partial charge in [-0.1, -0.05) is 22.9 Å². The van der Waals surface area contributed by atoms with Crippen LogP contribution in [-0.2, 0) is 4.79 Å². The highest BCUT2D eigenvalue weighted by Gasteiger charge is 2.05. The van der Waals surface area contributed by atoms with Crippen molar-refractivity contribution in [1.29, 1.82) is 0 Å². The van der Waals surface area contributed by atoms with Crippen molar-refractivity contribution >= 4 is 22.4 Å². The zero-order chi connectivity index (χ0) is 10.4. The van der Waals surface area contributed by atoms with Gasteiger partial charge in [-0.15, -0.1) is 0 Å². The van der Waals surface area contributed by atoms with Crippen LogP contribution in [0, 0.1) is 0 Å². The van der Waals surface area contributed by atoms with E-state index in [9.17, 15) is 4.79 Å². The molecule has 0 aliphatic carbocycles. The molecule has 14 heavy (non-hydrogen) atoms. The Bertz CT molecular complexity index is 312. The van der Waals surface area contributed by atoms with E-state index in [1.807, 2.05) is 6.92 Å². The summed E-state index contributed by atoms with van der Waals surface area (Å²) in [4.78, 5) is 10.2. The van der Waals surface area contributed by atoms with Crippen molar-refractivity contribution in [2.45, 2.75) is 13.3 Å². The lowest BCUT2D eigenvalue weighted by molar-refractivity contribution is -0.120. The molecule has 0 saturated heterocycles. The van der Waals surface area contributed by atoms with Crippen LogP contribution in [0.4, 0.5) is 0 Å². The van der Waals surface area contributed by atoms with Crippen molar-refractivity contribution in [2.24, 2.45) is 0 Å². The summed E-state index contributed by atoms with van der Waals surface area (Å²) in [6.45, 7) is 3.01. The molecule has 4 heteroatoms. The van der Waals surface area contributed by atoms with E-state index in [-0.39, 0.29) is 0 Å². The molecule has 0 heterocycles. The first-order chi connectivity index (χ1) is 6.77. The summed E-state index contributed by atoms with van der Waals surface area (Å²) in [5.74, 6) is 1.02. The fourth-order valence-electron chi connectivity index (χ4n) is 0.956. The highest BCUT2D eigenvalue weighted by Crippen LogP contribution is 2.30. The molecule has 0 saturated carbocycles. The maximum absolute atomic E-state index is 10.2. The zero-order valence-electron chi connectivity index (χ0n) is 7.83. The predicted octanol–water partition coefficient (Wildman–Crippen LogP) is 2.77. The summed E-state index contributed by atoms with van der Waals surface area (Å²) in [7, 11) is 0. The molecule has 0 spiro atoms. The number of hydrogen-bond acceptors (Lipinski definition) is 3. The van der Waals surface area contributed by atoms with Gasteiger partial charge in [0, 0.05) is 4.47 Å². The normalized spacial score (nSPS) is 9.57. The van der Waals surface area contributed by atoms with Gasteiger partial charge in [-0.25, -0.2) is 0 Å². The predicted molar refractivity (Wildman–Crippen MR) is 56.6 cm³/mol. The molecule has 3 nitrogen and oxygen atoms in total. The molecular weight excluding hydrogens is 248 g/mol. The lowest BCUT2D eigenvalue weighted by Gasteiger charge is -2.08. The molecule has 0 N–H and O–H groups in total. The van der Waals surface area contributed by atoms with Gasteiger partial charge in [0.05, 0.1) is 6.61 Å². The van der Waals surface area contributed by atoms with Gasteiger partial charge in [-0.3, -0.25) is 4.79 Å². The van der Waals surface area contributed by atoms with Crippen LogP contribution in [0.15, 0.2) is 22.7 Å². The molecule has 0 atom stereocenters. The first kappa shape index (κ1) is 11.0. The summed E-state index contributed by atoms with van der Waals surface area (Å²) in [6.07, 6.45) is 0.910. The third-order valence-corrected chi connectivity index (χ3v) is 2.04. The quantitative estimate of drug-likeness (QED) is 0.763. The summed E-state index contributed by atoms with van der Waals surface area (Å²) in [5.41, 5.74) is 0. The van der Waals surface area contributed by atoms with Gasteiger partial charge in [0.15, 0.2) is 11.5 Å². The molecule has 0 aliphatic rings. The van der Waals surface area contributed by atoms with E-state index in [2.05, 4.69) is 15.9 Å². The van der Waals surface area contributed by atoms with Crippen molar-refractivity contribution in [2.75, 3.05) is 6.61 Å². The number of benzene rings is 1. The molecule has 0 unspecified atom stereocenters. The molecule has 1 aromatic carbocycles. The van der Waals surface area contributed by atoms with Gasteiger partial charge in [0.2, 0.25) is 0 Å². The molecule has 0 bridgehead atoms. The minimum absolute atomic E-state index is 0.391. The van der Waals surface area contributed by atoms with Crippen molar-refractivity contribution < 1.29 is 14.3 Å². The summed E-state index contributed by atoms with van der Waals surface area (Å²) in [6, 6.07) is 5.25. The Hall–Kier alpha value is -1.03. The third kappa shape index (κ3) is 3.03. The van der Waals surface area contributed by atoms with Crippen LogP contribution < -0.4 is 9.47 Å². The van der Waals surface area contributed by atoms with E-state index in [1.165, 1.54) is 0 Å². The monoisotopic (exact) mass is 258 g/mol. The van der Waals surface area contributed by atoms with Crippen molar-refractivity contribution in [3.63, 3.8) is 0 Å². The van der Waals surface area contributed by atoms with Crippen molar-refractivity contribution in [3.05, 3.63) is 22.7 Å². The fourth-order valence-corrected chi connectivity index (χ4v) is 1.30. The second kappa shape index (κ2) is 5.65. The maximum Gasteiger partial charge on any atom is 0.298 e. The molecule has 0 radical (unpaired) electrons. The van der Waals surface area contributed by atoms with Gasteiger partial charge < -0.3 is 9.47 Å². The number of halogens is 1. The second-order valence-corrected chi connectivity index (χ2v) is 3.57. The number of ether oxygens (including phenoxy) is 2. The molecule has 0 aromatic heterocycles. The zero-order valence-corrected chi connectivity index (χ0v) is 9.41. The Balaban J connectivity index is 2.84. The Morgan fingerprint density at radius 3 is 2.86 bits per heavy atom. The van der Waals surface area contributed by atoms with Crippen LogP contribution in [0.3, 0.4) is 0 Å². The van der Waals surface area contributed by atoms with E-state index in [0.717, 1.165) is 10.9 Å². The minimum atomic E-state index is 0.391. The Labute approximate surface area is 91.1 Å². The van der Waals surface area contributed by atoms with Crippen molar-refractivity contribution in [3.8, 4) is 11.5 Å². The minimum Gasteiger partial charge on any atom is -0.490 e. The summed E-state index contributed by atoms with van der Waals surface area (Å²) < 4.78 is 11.1. The van der Waals surface area contributed by atoms with Gasteiger partial charge in [-0.2, -0.15) is 0 Å². The van der Waals surface area contributed by atoms with Gasteiger partial charge in [0.1, 0.15) is 0 Å². The molecule has 76 valence electrons. The van der Waals surface area contributed by atoms with Crippen LogP contribution in [-0.4, -0.2) is 13.1 Å². The number of rotatable bonds is 5. The van der Waals surface area contributed by atoms with Crippen LogP contribution in [0.5, 0.6) is 11.5 Å². The van der Waals surface area contributed by atoms with E-state index >= 15 is 0 Å². The average molecular weight is 259 g/mol. The second-order valence-electron chi connectivity index (χ2n) is 2.65. The molecule has 1 rings (SSSR count). The van der Waals surface area contributed by atoms with Crippen LogP contribution in [0.2, 0.25) is 0 Å². The Morgan fingerprint density at radius 1 is 1.43 bits per heavy atom. The number of carbonyl (C=O) groups is 1. The highest BCUT2D eigenvalue weighted by atomic mass is 79.9. The van der Waals surface area contributed by atoms with E-state index < -0.39 is 0 Å². The first-order valence-corrected chi connectivity index (χ1v) is 5.10.